The lowest BCUT2D eigenvalue weighted by Gasteiger charge is -2.26. The van der Waals surface area contributed by atoms with Crippen molar-refractivity contribution >= 4 is 0 Å². The van der Waals surface area contributed by atoms with E-state index >= 15 is 0 Å². The quantitative estimate of drug-likeness (QED) is 0.818. The standard InChI is InChI=1S/C17H30N2/c1-13(2)17(11-18)12-19(5)9-8-16-7-6-14(3)10-15(16)4/h6-7,10,13,17H,8-9,11-12,18H2,1-5H3. The topological polar surface area (TPSA) is 29.3 Å². The van der Waals surface area contributed by atoms with E-state index in [1.165, 1.54) is 16.7 Å². The van der Waals surface area contributed by atoms with Gasteiger partial charge < -0.3 is 10.6 Å². The third-order valence-corrected chi connectivity index (χ3v) is 4.05. The highest BCUT2D eigenvalue weighted by molar-refractivity contribution is 5.30. The largest absolute Gasteiger partial charge is 0.330 e. The van der Waals surface area contributed by atoms with E-state index in [9.17, 15) is 0 Å². The normalized spacial score (nSPS) is 13.3. The molecule has 0 aliphatic carbocycles. The van der Waals surface area contributed by atoms with E-state index in [1.54, 1.807) is 0 Å². The molecule has 1 atom stereocenters. The van der Waals surface area contributed by atoms with Crippen LogP contribution in [0.4, 0.5) is 0 Å². The van der Waals surface area contributed by atoms with Gasteiger partial charge in [0.1, 0.15) is 0 Å². The van der Waals surface area contributed by atoms with Gasteiger partial charge in [0.15, 0.2) is 0 Å². The predicted octanol–water partition coefficient (Wildman–Crippen LogP) is 3.01. The van der Waals surface area contributed by atoms with Crippen molar-refractivity contribution in [3.8, 4) is 0 Å². The summed E-state index contributed by atoms with van der Waals surface area (Å²) in [6, 6.07) is 6.74. The van der Waals surface area contributed by atoms with Crippen molar-refractivity contribution in [3.63, 3.8) is 0 Å². The monoisotopic (exact) mass is 262 g/mol. The highest BCUT2D eigenvalue weighted by atomic mass is 15.1. The summed E-state index contributed by atoms with van der Waals surface area (Å²) in [5.74, 6) is 1.26. The van der Waals surface area contributed by atoms with Crippen LogP contribution in [0, 0.1) is 25.7 Å². The first kappa shape index (κ1) is 16.2. The Bertz CT molecular complexity index is 385. The van der Waals surface area contributed by atoms with E-state index in [2.05, 4.69) is 57.8 Å². The molecule has 1 rings (SSSR count). The van der Waals surface area contributed by atoms with Crippen LogP contribution >= 0.6 is 0 Å². The molecule has 19 heavy (non-hydrogen) atoms. The molecule has 108 valence electrons. The minimum Gasteiger partial charge on any atom is -0.330 e. The molecular formula is C17H30N2. The Morgan fingerprint density at radius 2 is 1.89 bits per heavy atom. The Balaban J connectivity index is 2.47. The van der Waals surface area contributed by atoms with Crippen molar-refractivity contribution in [1.82, 2.24) is 4.90 Å². The van der Waals surface area contributed by atoms with Crippen molar-refractivity contribution in [2.24, 2.45) is 17.6 Å². The van der Waals surface area contributed by atoms with Gasteiger partial charge in [-0.3, -0.25) is 0 Å². The molecule has 0 amide bonds. The fourth-order valence-electron chi connectivity index (χ4n) is 2.49. The Labute approximate surface area is 119 Å². The number of aryl methyl sites for hydroxylation is 2. The second kappa shape index (κ2) is 7.66. The third-order valence-electron chi connectivity index (χ3n) is 4.05. The van der Waals surface area contributed by atoms with E-state index < -0.39 is 0 Å². The number of benzene rings is 1. The first-order valence-electron chi connectivity index (χ1n) is 7.38. The Kier molecular flexibility index (Phi) is 6.53. The van der Waals surface area contributed by atoms with Gasteiger partial charge in [0.05, 0.1) is 0 Å². The van der Waals surface area contributed by atoms with Crippen LogP contribution in [0.5, 0.6) is 0 Å². The fourth-order valence-corrected chi connectivity index (χ4v) is 2.49. The molecule has 0 aliphatic rings. The lowest BCUT2D eigenvalue weighted by molar-refractivity contribution is 0.242. The van der Waals surface area contributed by atoms with Gasteiger partial charge in [-0.05, 0) is 56.8 Å². The van der Waals surface area contributed by atoms with Gasteiger partial charge in [0.25, 0.3) is 0 Å². The summed E-state index contributed by atoms with van der Waals surface area (Å²) < 4.78 is 0. The van der Waals surface area contributed by atoms with Crippen LogP contribution in [0.3, 0.4) is 0 Å². The number of likely N-dealkylation sites (N-methyl/N-ethyl adjacent to an activating group) is 1. The number of hydrogen-bond donors (Lipinski definition) is 1. The van der Waals surface area contributed by atoms with E-state index in [0.717, 1.165) is 26.1 Å². The fraction of sp³-hybridized carbons (Fsp3) is 0.647. The molecule has 0 radical (unpaired) electrons. The van der Waals surface area contributed by atoms with Crippen LogP contribution in [0.2, 0.25) is 0 Å². The maximum Gasteiger partial charge on any atom is 0.00212 e. The lowest BCUT2D eigenvalue weighted by atomic mass is 9.95. The van der Waals surface area contributed by atoms with Crippen LogP contribution in [0.15, 0.2) is 18.2 Å². The summed E-state index contributed by atoms with van der Waals surface area (Å²) >= 11 is 0. The first-order chi connectivity index (χ1) is 8.93. The summed E-state index contributed by atoms with van der Waals surface area (Å²) in [5, 5.41) is 0. The maximum absolute atomic E-state index is 5.84. The van der Waals surface area contributed by atoms with Crippen LogP contribution < -0.4 is 5.73 Å². The average Bonchev–Trinajstić information content (AvgIpc) is 2.34. The van der Waals surface area contributed by atoms with Crippen LogP contribution in [0.1, 0.15) is 30.5 Å². The summed E-state index contributed by atoms with van der Waals surface area (Å²) in [6.45, 7) is 11.9. The molecule has 1 aromatic rings. The zero-order chi connectivity index (χ0) is 14.4. The smallest absolute Gasteiger partial charge is 0.00212 e. The molecule has 2 N–H and O–H groups in total. The van der Waals surface area contributed by atoms with Gasteiger partial charge in [0.2, 0.25) is 0 Å². The zero-order valence-corrected chi connectivity index (χ0v) is 13.2. The van der Waals surface area contributed by atoms with Gasteiger partial charge in [0, 0.05) is 13.1 Å². The van der Waals surface area contributed by atoms with E-state index in [1.807, 2.05) is 0 Å². The summed E-state index contributed by atoms with van der Waals surface area (Å²) in [5.41, 5.74) is 10.1. The Morgan fingerprint density at radius 1 is 1.21 bits per heavy atom. The van der Waals surface area contributed by atoms with Crippen molar-refractivity contribution in [3.05, 3.63) is 34.9 Å². The minimum atomic E-state index is 0.601. The predicted molar refractivity (Wildman–Crippen MR) is 84.5 cm³/mol. The lowest BCUT2D eigenvalue weighted by Crippen LogP contribution is -2.34. The SMILES string of the molecule is Cc1ccc(CCN(C)CC(CN)C(C)C)c(C)c1. The van der Waals surface area contributed by atoms with Gasteiger partial charge in [-0.1, -0.05) is 37.6 Å². The van der Waals surface area contributed by atoms with Crippen LogP contribution in [-0.2, 0) is 6.42 Å². The molecule has 1 aromatic carbocycles. The summed E-state index contributed by atoms with van der Waals surface area (Å²) in [7, 11) is 2.20. The van der Waals surface area contributed by atoms with Crippen LogP contribution in [0.25, 0.3) is 0 Å². The third kappa shape index (κ3) is 5.33. The molecule has 2 heteroatoms. The first-order valence-corrected chi connectivity index (χ1v) is 7.38. The van der Waals surface area contributed by atoms with Gasteiger partial charge in [-0.15, -0.1) is 0 Å². The van der Waals surface area contributed by atoms with Gasteiger partial charge in [-0.25, -0.2) is 0 Å². The Morgan fingerprint density at radius 3 is 2.42 bits per heavy atom. The average molecular weight is 262 g/mol. The summed E-state index contributed by atoms with van der Waals surface area (Å²) in [4.78, 5) is 2.41. The minimum absolute atomic E-state index is 0.601. The molecule has 0 aromatic heterocycles. The highest BCUT2D eigenvalue weighted by Crippen LogP contribution is 2.13. The molecule has 0 saturated carbocycles. The second-order valence-corrected chi connectivity index (χ2v) is 6.18. The van der Waals surface area contributed by atoms with E-state index in [-0.39, 0.29) is 0 Å². The number of nitrogens with two attached hydrogens (primary N) is 1. The van der Waals surface area contributed by atoms with Gasteiger partial charge >= 0.3 is 0 Å². The van der Waals surface area contributed by atoms with Gasteiger partial charge in [-0.2, -0.15) is 0 Å². The Hall–Kier alpha value is -0.860. The number of rotatable bonds is 7. The molecule has 0 aliphatic heterocycles. The van der Waals surface area contributed by atoms with Crippen molar-refractivity contribution < 1.29 is 0 Å². The number of hydrogen-bond acceptors (Lipinski definition) is 2. The van der Waals surface area contributed by atoms with Crippen molar-refractivity contribution in [2.45, 2.75) is 34.1 Å². The molecule has 1 unspecified atom stereocenters. The highest BCUT2D eigenvalue weighted by Gasteiger charge is 2.13. The number of nitrogens with zero attached hydrogens (tertiary/aromatic N) is 1. The molecule has 0 spiro atoms. The molecule has 0 heterocycles. The molecular weight excluding hydrogens is 232 g/mol. The van der Waals surface area contributed by atoms with E-state index in [4.69, 9.17) is 5.73 Å². The molecule has 0 saturated heterocycles. The summed E-state index contributed by atoms with van der Waals surface area (Å²) in [6.07, 6.45) is 1.12. The molecule has 0 bridgehead atoms. The second-order valence-electron chi connectivity index (χ2n) is 6.18. The van der Waals surface area contributed by atoms with Crippen molar-refractivity contribution in [1.29, 1.82) is 0 Å². The zero-order valence-electron chi connectivity index (χ0n) is 13.2. The molecule has 2 nitrogen and oxygen atoms in total. The molecule has 0 fully saturated rings. The van der Waals surface area contributed by atoms with E-state index in [0.29, 0.717) is 11.8 Å². The van der Waals surface area contributed by atoms with Crippen LogP contribution in [-0.4, -0.2) is 31.6 Å². The van der Waals surface area contributed by atoms with Crippen molar-refractivity contribution in [2.75, 3.05) is 26.7 Å². The maximum atomic E-state index is 5.84.